The average Bonchev–Trinajstić information content (AvgIpc) is 2.47. The normalized spacial score (nSPS) is 10.4. The molecule has 0 fully saturated rings. The molecule has 3 aromatic rings. The molecule has 1 N–H and O–H groups in total. The number of fused-ring (bicyclic) bond motifs is 1. The van der Waals surface area contributed by atoms with Gasteiger partial charge in [0.15, 0.2) is 0 Å². The van der Waals surface area contributed by atoms with E-state index in [0.717, 1.165) is 22.0 Å². The maximum absolute atomic E-state index is 11.4. The molecule has 0 spiro atoms. The largest absolute Gasteiger partial charge is 0.310 e. The van der Waals surface area contributed by atoms with Crippen LogP contribution in [0.3, 0.4) is 0 Å². The van der Waals surface area contributed by atoms with E-state index in [0.29, 0.717) is 5.82 Å². The van der Waals surface area contributed by atoms with Crippen molar-refractivity contribution in [3.63, 3.8) is 0 Å². The Kier molecular flexibility index (Phi) is 3.17. The summed E-state index contributed by atoms with van der Waals surface area (Å²) in [5.74, 6) is 0.479. The number of hydrogen-bond acceptors (Lipinski definition) is 2. The second-order valence-electron chi connectivity index (χ2n) is 4.62. The Balaban J connectivity index is 2.24. The number of para-hydroxylation sites is 1. The minimum absolute atomic E-state index is 0.120. The zero-order chi connectivity index (χ0) is 13.9. The van der Waals surface area contributed by atoms with E-state index in [1.807, 2.05) is 54.6 Å². The van der Waals surface area contributed by atoms with Gasteiger partial charge in [-0.15, -0.1) is 0 Å². The molecule has 0 atom stereocenters. The highest BCUT2D eigenvalue weighted by Gasteiger charge is 2.09. The van der Waals surface area contributed by atoms with Gasteiger partial charge in [0.05, 0.1) is 5.52 Å². The molecule has 2 aromatic carbocycles. The van der Waals surface area contributed by atoms with Gasteiger partial charge in [0.2, 0.25) is 5.91 Å². The smallest absolute Gasteiger partial charge is 0.222 e. The molecule has 0 saturated heterocycles. The minimum Gasteiger partial charge on any atom is -0.310 e. The molecule has 0 aliphatic rings. The number of benzene rings is 2. The molecule has 0 unspecified atom stereocenters. The van der Waals surface area contributed by atoms with E-state index in [-0.39, 0.29) is 5.91 Å². The fourth-order valence-electron chi connectivity index (χ4n) is 2.22. The summed E-state index contributed by atoms with van der Waals surface area (Å²) in [6.45, 7) is 1.49. The van der Waals surface area contributed by atoms with Crippen LogP contribution in [0, 0.1) is 0 Å². The van der Waals surface area contributed by atoms with Crippen molar-refractivity contribution in [1.82, 2.24) is 4.98 Å². The van der Waals surface area contributed by atoms with E-state index in [1.54, 1.807) is 0 Å². The van der Waals surface area contributed by atoms with E-state index < -0.39 is 0 Å². The van der Waals surface area contributed by atoms with Gasteiger partial charge < -0.3 is 5.32 Å². The van der Waals surface area contributed by atoms with Crippen molar-refractivity contribution in [2.45, 2.75) is 6.92 Å². The molecule has 20 heavy (non-hydrogen) atoms. The standard InChI is InChI=1S/C17H14N2O/c1-12(20)18-17-15(13-7-3-2-4-8-13)11-14-9-5-6-10-16(14)19-17/h2-11H,1H3,(H,18,19,20). The summed E-state index contributed by atoms with van der Waals surface area (Å²) in [6, 6.07) is 19.9. The highest BCUT2D eigenvalue weighted by Crippen LogP contribution is 2.29. The van der Waals surface area contributed by atoms with Gasteiger partial charge >= 0.3 is 0 Å². The Labute approximate surface area is 117 Å². The van der Waals surface area contributed by atoms with Crippen LogP contribution in [0.25, 0.3) is 22.0 Å². The second kappa shape index (κ2) is 5.13. The molecule has 0 aliphatic carbocycles. The van der Waals surface area contributed by atoms with Crippen LogP contribution >= 0.6 is 0 Å². The number of rotatable bonds is 2. The van der Waals surface area contributed by atoms with Gasteiger partial charge in [-0.3, -0.25) is 4.79 Å². The van der Waals surface area contributed by atoms with E-state index in [4.69, 9.17) is 0 Å². The number of carbonyl (C=O) groups is 1. The summed E-state index contributed by atoms with van der Waals surface area (Å²) < 4.78 is 0. The van der Waals surface area contributed by atoms with Gasteiger partial charge in [0, 0.05) is 17.9 Å². The monoisotopic (exact) mass is 262 g/mol. The summed E-state index contributed by atoms with van der Waals surface area (Å²) in [5.41, 5.74) is 2.84. The van der Waals surface area contributed by atoms with Crippen molar-refractivity contribution in [2.24, 2.45) is 0 Å². The average molecular weight is 262 g/mol. The van der Waals surface area contributed by atoms with Crippen molar-refractivity contribution in [3.8, 4) is 11.1 Å². The summed E-state index contributed by atoms with van der Waals surface area (Å²) >= 11 is 0. The summed E-state index contributed by atoms with van der Waals surface area (Å²) in [6.07, 6.45) is 0. The van der Waals surface area contributed by atoms with Crippen LogP contribution in [0.5, 0.6) is 0 Å². The number of carbonyl (C=O) groups excluding carboxylic acids is 1. The number of aromatic nitrogens is 1. The van der Waals surface area contributed by atoms with Gasteiger partial charge in [0.25, 0.3) is 0 Å². The lowest BCUT2D eigenvalue weighted by Gasteiger charge is -2.11. The number of hydrogen-bond donors (Lipinski definition) is 1. The molecule has 0 aliphatic heterocycles. The lowest BCUT2D eigenvalue weighted by Crippen LogP contribution is -2.08. The second-order valence-corrected chi connectivity index (χ2v) is 4.62. The van der Waals surface area contributed by atoms with Crippen LogP contribution in [0.4, 0.5) is 5.82 Å². The van der Waals surface area contributed by atoms with Crippen molar-refractivity contribution >= 4 is 22.6 Å². The number of pyridine rings is 1. The van der Waals surface area contributed by atoms with E-state index >= 15 is 0 Å². The Hall–Kier alpha value is -2.68. The molecule has 1 heterocycles. The van der Waals surface area contributed by atoms with Crippen molar-refractivity contribution in [3.05, 3.63) is 60.7 Å². The van der Waals surface area contributed by atoms with Crippen LogP contribution in [0.15, 0.2) is 60.7 Å². The third-order valence-corrected chi connectivity index (χ3v) is 3.10. The molecule has 0 radical (unpaired) electrons. The minimum atomic E-state index is -0.120. The van der Waals surface area contributed by atoms with Crippen LogP contribution in [-0.2, 0) is 4.79 Å². The molecule has 3 rings (SSSR count). The topological polar surface area (TPSA) is 42.0 Å². The summed E-state index contributed by atoms with van der Waals surface area (Å²) in [5, 5.41) is 3.87. The first-order valence-corrected chi connectivity index (χ1v) is 6.47. The first-order valence-electron chi connectivity index (χ1n) is 6.47. The SMILES string of the molecule is CC(=O)Nc1nc2ccccc2cc1-c1ccccc1. The van der Waals surface area contributed by atoms with Gasteiger partial charge in [-0.1, -0.05) is 48.5 Å². The number of amides is 1. The lowest BCUT2D eigenvalue weighted by molar-refractivity contribution is -0.114. The molecule has 0 saturated carbocycles. The summed E-state index contributed by atoms with van der Waals surface area (Å²) in [7, 11) is 0. The first kappa shape index (κ1) is 12.4. The highest BCUT2D eigenvalue weighted by molar-refractivity contribution is 5.96. The Morgan fingerprint density at radius 3 is 2.45 bits per heavy atom. The van der Waals surface area contributed by atoms with Crippen molar-refractivity contribution in [1.29, 1.82) is 0 Å². The third kappa shape index (κ3) is 2.38. The Morgan fingerprint density at radius 1 is 1.00 bits per heavy atom. The quantitative estimate of drug-likeness (QED) is 0.762. The van der Waals surface area contributed by atoms with Crippen LogP contribution < -0.4 is 5.32 Å². The van der Waals surface area contributed by atoms with E-state index in [2.05, 4.69) is 16.4 Å². The highest BCUT2D eigenvalue weighted by atomic mass is 16.1. The van der Waals surface area contributed by atoms with Crippen LogP contribution in [-0.4, -0.2) is 10.9 Å². The summed E-state index contributed by atoms with van der Waals surface area (Å²) in [4.78, 5) is 15.9. The molecule has 0 bridgehead atoms. The zero-order valence-corrected chi connectivity index (χ0v) is 11.1. The third-order valence-electron chi connectivity index (χ3n) is 3.10. The number of nitrogens with zero attached hydrogens (tertiary/aromatic N) is 1. The maximum Gasteiger partial charge on any atom is 0.222 e. The van der Waals surface area contributed by atoms with E-state index in [9.17, 15) is 4.79 Å². The zero-order valence-electron chi connectivity index (χ0n) is 11.1. The van der Waals surface area contributed by atoms with Gasteiger partial charge in [0.1, 0.15) is 5.82 Å². The van der Waals surface area contributed by atoms with Crippen molar-refractivity contribution in [2.75, 3.05) is 5.32 Å². The predicted octanol–water partition coefficient (Wildman–Crippen LogP) is 3.86. The fourth-order valence-corrected chi connectivity index (χ4v) is 2.22. The molecular formula is C17H14N2O. The Bertz CT molecular complexity index is 766. The first-order chi connectivity index (χ1) is 9.74. The molecule has 3 heteroatoms. The fraction of sp³-hybridized carbons (Fsp3) is 0.0588. The number of nitrogens with one attached hydrogen (secondary N) is 1. The van der Waals surface area contributed by atoms with Crippen LogP contribution in [0.2, 0.25) is 0 Å². The van der Waals surface area contributed by atoms with Gasteiger partial charge in [-0.2, -0.15) is 0 Å². The molecular weight excluding hydrogens is 248 g/mol. The van der Waals surface area contributed by atoms with Gasteiger partial charge in [-0.05, 0) is 17.7 Å². The molecule has 98 valence electrons. The molecule has 1 aromatic heterocycles. The maximum atomic E-state index is 11.4. The molecule has 3 nitrogen and oxygen atoms in total. The van der Waals surface area contributed by atoms with Crippen LogP contribution in [0.1, 0.15) is 6.92 Å². The lowest BCUT2D eigenvalue weighted by atomic mass is 10.0. The van der Waals surface area contributed by atoms with Gasteiger partial charge in [-0.25, -0.2) is 4.98 Å². The predicted molar refractivity (Wildman–Crippen MR) is 81.5 cm³/mol. The number of anilines is 1. The Morgan fingerprint density at radius 2 is 1.70 bits per heavy atom. The van der Waals surface area contributed by atoms with Crippen molar-refractivity contribution < 1.29 is 4.79 Å². The van der Waals surface area contributed by atoms with E-state index in [1.165, 1.54) is 6.92 Å². The molecule has 1 amide bonds.